The van der Waals surface area contributed by atoms with Crippen LogP contribution in [0.4, 0.5) is 0 Å². The fraction of sp³-hybridized carbons (Fsp3) is 0.222. The van der Waals surface area contributed by atoms with Gasteiger partial charge in [0.15, 0.2) is 8.07 Å². The maximum Gasteiger partial charge on any atom is 0.156 e. The Balaban J connectivity index is 1.88. The van der Waals surface area contributed by atoms with E-state index in [9.17, 15) is 0 Å². The summed E-state index contributed by atoms with van der Waals surface area (Å²) in [5.74, 6) is 0. The number of rotatable bonds is 3. The van der Waals surface area contributed by atoms with Gasteiger partial charge in [-0.3, -0.25) is 0 Å². The molecule has 0 N–H and O–H groups in total. The molecule has 1 unspecified atom stereocenters. The van der Waals surface area contributed by atoms with E-state index in [1.807, 2.05) is 6.07 Å². The van der Waals surface area contributed by atoms with E-state index in [0.29, 0.717) is 0 Å². The topological polar surface area (TPSA) is 9.23 Å². The maximum atomic E-state index is 6.37. The fourth-order valence-corrected chi connectivity index (χ4v) is 7.21. The molecule has 0 aromatic heterocycles. The minimum absolute atomic E-state index is 0.145. The lowest BCUT2D eigenvalue weighted by molar-refractivity contribution is 0.160. The molecule has 0 aliphatic carbocycles. The van der Waals surface area contributed by atoms with Crippen molar-refractivity contribution < 1.29 is 4.74 Å². The van der Waals surface area contributed by atoms with E-state index in [0.717, 1.165) is 6.42 Å². The van der Waals surface area contributed by atoms with E-state index >= 15 is 0 Å². The summed E-state index contributed by atoms with van der Waals surface area (Å²) in [4.78, 5) is 0. The van der Waals surface area contributed by atoms with Gasteiger partial charge in [0, 0.05) is 10.9 Å². The van der Waals surface area contributed by atoms with E-state index in [2.05, 4.69) is 83.6 Å². The minimum Gasteiger partial charge on any atom is -0.494 e. The van der Waals surface area contributed by atoms with Crippen LogP contribution in [-0.4, -0.2) is 8.07 Å². The molecule has 1 nitrogen and oxygen atoms in total. The van der Waals surface area contributed by atoms with E-state index < -0.39 is 8.07 Å². The molecule has 0 saturated carbocycles. The molecule has 2 aromatic carbocycles. The van der Waals surface area contributed by atoms with Gasteiger partial charge in [0.25, 0.3) is 0 Å². The second-order valence-electron chi connectivity index (χ2n) is 5.95. The average molecular weight is 359 g/mol. The van der Waals surface area contributed by atoms with Crippen LogP contribution in [0.15, 0.2) is 70.5 Å². The van der Waals surface area contributed by atoms with Crippen molar-refractivity contribution in [3.63, 3.8) is 0 Å². The van der Waals surface area contributed by atoms with Crippen LogP contribution in [0.5, 0.6) is 0 Å². The van der Waals surface area contributed by atoms with Crippen LogP contribution in [0.2, 0.25) is 13.1 Å². The van der Waals surface area contributed by atoms with Crippen molar-refractivity contribution in [1.29, 1.82) is 0 Å². The Morgan fingerprint density at radius 2 is 1.52 bits per heavy atom. The van der Waals surface area contributed by atoms with Gasteiger partial charge in [0.05, 0.1) is 5.38 Å². The molecule has 21 heavy (non-hydrogen) atoms. The summed E-state index contributed by atoms with van der Waals surface area (Å²) < 4.78 is 7.61. The van der Waals surface area contributed by atoms with Gasteiger partial charge < -0.3 is 4.74 Å². The molecule has 1 atom stereocenters. The van der Waals surface area contributed by atoms with Gasteiger partial charge in [0.2, 0.25) is 0 Å². The van der Waals surface area contributed by atoms with Gasteiger partial charge in [-0.2, -0.15) is 0 Å². The highest BCUT2D eigenvalue weighted by molar-refractivity contribution is 9.11. The molecule has 0 bridgehead atoms. The molecule has 108 valence electrons. The first kappa shape index (κ1) is 14.6. The van der Waals surface area contributed by atoms with E-state index in [1.165, 1.54) is 20.6 Å². The number of halogens is 1. The zero-order valence-corrected chi connectivity index (χ0v) is 14.9. The van der Waals surface area contributed by atoms with Gasteiger partial charge in [-0.1, -0.05) is 94.9 Å². The maximum absolute atomic E-state index is 6.37. The van der Waals surface area contributed by atoms with Crippen LogP contribution in [0.1, 0.15) is 18.1 Å². The fourth-order valence-electron chi connectivity index (χ4n) is 2.83. The number of benzene rings is 2. The van der Waals surface area contributed by atoms with Crippen molar-refractivity contribution >= 4 is 29.2 Å². The Bertz CT molecular complexity index is 649. The highest BCUT2D eigenvalue weighted by atomic mass is 79.9. The monoisotopic (exact) mass is 358 g/mol. The standard InChI is InChI=1S/C18H19BrOSi/c1-21(2,15-11-7-4-8-12-15)18-16(19)13-17(20-18)14-9-5-3-6-10-14/h3-12,17H,13H2,1-2H3. The third kappa shape index (κ3) is 2.85. The van der Waals surface area contributed by atoms with Crippen LogP contribution < -0.4 is 5.19 Å². The van der Waals surface area contributed by atoms with Gasteiger partial charge in [-0.05, 0) is 5.56 Å². The molecule has 0 saturated heterocycles. The summed E-state index contributed by atoms with van der Waals surface area (Å²) in [6, 6.07) is 21.2. The predicted molar refractivity (Wildman–Crippen MR) is 94.4 cm³/mol. The van der Waals surface area contributed by atoms with Gasteiger partial charge in [0.1, 0.15) is 6.10 Å². The van der Waals surface area contributed by atoms with Gasteiger partial charge >= 0.3 is 0 Å². The number of ether oxygens (including phenoxy) is 1. The highest BCUT2D eigenvalue weighted by Gasteiger charge is 2.38. The SMILES string of the molecule is C[Si](C)(C1=C(Br)CC(c2ccccc2)O1)c1ccccc1. The quantitative estimate of drug-likeness (QED) is 0.708. The minimum atomic E-state index is -1.77. The van der Waals surface area contributed by atoms with Crippen LogP contribution in [0, 0.1) is 0 Å². The zero-order valence-electron chi connectivity index (χ0n) is 12.3. The molecule has 0 spiro atoms. The Morgan fingerprint density at radius 1 is 0.952 bits per heavy atom. The highest BCUT2D eigenvalue weighted by Crippen LogP contribution is 2.42. The Hall–Kier alpha value is -1.32. The zero-order chi connectivity index (χ0) is 14.9. The van der Waals surface area contributed by atoms with Crippen molar-refractivity contribution in [2.24, 2.45) is 0 Å². The summed E-state index contributed by atoms with van der Waals surface area (Å²) in [7, 11) is -1.77. The Kier molecular flexibility index (Phi) is 4.05. The lowest BCUT2D eigenvalue weighted by atomic mass is 10.1. The molecule has 3 heteroatoms. The third-order valence-corrected chi connectivity index (χ3v) is 8.49. The van der Waals surface area contributed by atoms with Crippen molar-refractivity contribution in [3.8, 4) is 0 Å². The molecular weight excluding hydrogens is 340 g/mol. The second-order valence-corrected chi connectivity index (χ2v) is 11.2. The smallest absolute Gasteiger partial charge is 0.156 e. The molecule has 1 aliphatic rings. The normalized spacial score (nSPS) is 18.7. The third-order valence-electron chi connectivity index (χ3n) is 4.11. The van der Waals surface area contributed by atoms with Crippen LogP contribution >= 0.6 is 15.9 Å². The largest absolute Gasteiger partial charge is 0.494 e. The molecular formula is C18H19BrOSi. The van der Waals surface area contributed by atoms with E-state index in [4.69, 9.17) is 4.74 Å². The first-order valence-electron chi connectivity index (χ1n) is 7.25. The summed E-state index contributed by atoms with van der Waals surface area (Å²) in [6.07, 6.45) is 1.08. The summed E-state index contributed by atoms with van der Waals surface area (Å²) in [5.41, 5.74) is 1.25. The van der Waals surface area contributed by atoms with Crippen molar-refractivity contribution in [2.45, 2.75) is 25.6 Å². The van der Waals surface area contributed by atoms with Crippen LogP contribution in [0.3, 0.4) is 0 Å². The number of hydrogen-bond donors (Lipinski definition) is 0. The lowest BCUT2D eigenvalue weighted by Gasteiger charge is -2.26. The Morgan fingerprint density at radius 3 is 2.14 bits per heavy atom. The lowest BCUT2D eigenvalue weighted by Crippen LogP contribution is -2.44. The van der Waals surface area contributed by atoms with Crippen molar-refractivity contribution in [1.82, 2.24) is 0 Å². The molecule has 0 fully saturated rings. The summed E-state index contributed by atoms with van der Waals surface area (Å²) in [6.45, 7) is 4.71. The second kappa shape index (κ2) is 5.82. The Labute approximate surface area is 135 Å². The molecule has 3 rings (SSSR count). The van der Waals surface area contributed by atoms with E-state index in [-0.39, 0.29) is 6.10 Å². The molecule has 1 heterocycles. The molecule has 0 radical (unpaired) electrons. The van der Waals surface area contributed by atoms with Crippen LogP contribution in [0.25, 0.3) is 0 Å². The van der Waals surface area contributed by atoms with Crippen LogP contribution in [-0.2, 0) is 4.74 Å². The number of hydrogen-bond acceptors (Lipinski definition) is 1. The van der Waals surface area contributed by atoms with Crippen molar-refractivity contribution in [2.75, 3.05) is 0 Å². The summed E-state index contributed by atoms with van der Waals surface area (Å²) >= 11 is 3.76. The predicted octanol–water partition coefficient (Wildman–Crippen LogP) is 4.91. The van der Waals surface area contributed by atoms with Gasteiger partial charge in [-0.25, -0.2) is 0 Å². The molecule has 1 aliphatic heterocycles. The molecule has 0 amide bonds. The molecule has 2 aromatic rings. The van der Waals surface area contributed by atoms with Crippen molar-refractivity contribution in [3.05, 3.63) is 76.1 Å². The van der Waals surface area contributed by atoms with E-state index in [1.54, 1.807) is 0 Å². The average Bonchev–Trinajstić information content (AvgIpc) is 2.92. The van der Waals surface area contributed by atoms with Gasteiger partial charge in [-0.15, -0.1) is 0 Å². The first-order valence-corrected chi connectivity index (χ1v) is 11.0. The first-order chi connectivity index (χ1) is 10.1. The summed E-state index contributed by atoms with van der Waals surface area (Å²) in [5, 5.41) is 2.59.